The van der Waals surface area contributed by atoms with E-state index >= 15 is 0 Å². The van der Waals surface area contributed by atoms with Gasteiger partial charge < -0.3 is 10.1 Å². The Hall–Kier alpha value is -2.41. The van der Waals surface area contributed by atoms with Crippen molar-refractivity contribution in [1.29, 1.82) is 0 Å². The fraction of sp³-hybridized carbons (Fsp3) is 0.333. The van der Waals surface area contributed by atoms with Crippen LogP contribution in [0.1, 0.15) is 17.0 Å². The molecule has 1 amide bonds. The summed E-state index contributed by atoms with van der Waals surface area (Å²) in [5.41, 5.74) is 2.84. The second-order valence-corrected chi connectivity index (χ2v) is 6.41. The molecule has 0 aliphatic carbocycles. The van der Waals surface area contributed by atoms with E-state index < -0.39 is 5.97 Å². The van der Waals surface area contributed by atoms with Gasteiger partial charge in [-0.1, -0.05) is 42.1 Å². The minimum atomic E-state index is -0.467. The zero-order valence-electron chi connectivity index (χ0n) is 14.3. The predicted octanol–water partition coefficient (Wildman–Crippen LogP) is 2.09. The highest BCUT2D eigenvalue weighted by molar-refractivity contribution is 7.99. The predicted molar refractivity (Wildman–Crippen MR) is 96.3 cm³/mol. The van der Waals surface area contributed by atoms with Crippen LogP contribution in [0.3, 0.4) is 0 Å². The highest BCUT2D eigenvalue weighted by atomic mass is 32.2. The van der Waals surface area contributed by atoms with Crippen molar-refractivity contribution in [2.75, 3.05) is 18.9 Å². The molecule has 0 unspecified atom stereocenters. The number of aromatic nitrogens is 2. The van der Waals surface area contributed by atoms with Gasteiger partial charge in [0.15, 0.2) is 11.8 Å². The maximum atomic E-state index is 11.7. The summed E-state index contributed by atoms with van der Waals surface area (Å²) in [6.45, 7) is 3.97. The molecule has 6 nitrogen and oxygen atoms in total. The van der Waals surface area contributed by atoms with E-state index in [1.165, 1.54) is 11.8 Å². The summed E-state index contributed by atoms with van der Waals surface area (Å²) in [5.74, 6) is -0.705. The Balaban J connectivity index is 1.63. The zero-order valence-corrected chi connectivity index (χ0v) is 15.1. The van der Waals surface area contributed by atoms with E-state index in [9.17, 15) is 9.59 Å². The van der Waals surface area contributed by atoms with Crippen molar-refractivity contribution >= 4 is 23.6 Å². The monoisotopic (exact) mass is 359 g/mol. The van der Waals surface area contributed by atoms with Crippen molar-refractivity contribution in [3.8, 4) is 0 Å². The molecule has 25 heavy (non-hydrogen) atoms. The number of hydrogen-bond donors (Lipinski definition) is 1. The molecule has 0 fully saturated rings. The Labute approximate surface area is 151 Å². The van der Waals surface area contributed by atoms with Gasteiger partial charge in [0.1, 0.15) is 0 Å². The highest BCUT2D eigenvalue weighted by Crippen LogP contribution is 2.14. The topological polar surface area (TPSA) is 81.2 Å². The van der Waals surface area contributed by atoms with Crippen LogP contribution < -0.4 is 5.32 Å². The third-order valence-electron chi connectivity index (χ3n) is 3.22. The lowest BCUT2D eigenvalue weighted by molar-refractivity contribution is -0.145. The van der Waals surface area contributed by atoms with E-state index in [4.69, 9.17) is 4.74 Å². The number of hydrogen-bond acceptors (Lipinski definition) is 6. The Morgan fingerprint density at radius 1 is 1.12 bits per heavy atom. The zero-order chi connectivity index (χ0) is 18.1. The van der Waals surface area contributed by atoms with Crippen LogP contribution >= 0.6 is 11.8 Å². The Kier molecular flexibility index (Phi) is 7.40. The van der Waals surface area contributed by atoms with Crippen LogP contribution in [0, 0.1) is 13.8 Å². The van der Waals surface area contributed by atoms with E-state index in [0.717, 1.165) is 23.4 Å². The van der Waals surface area contributed by atoms with Crippen LogP contribution in [0.5, 0.6) is 0 Å². The number of aryl methyl sites for hydroxylation is 2. The largest absolute Gasteiger partial charge is 0.455 e. The molecule has 132 valence electrons. The first-order valence-corrected chi connectivity index (χ1v) is 8.93. The van der Waals surface area contributed by atoms with Crippen molar-refractivity contribution in [1.82, 2.24) is 15.3 Å². The lowest BCUT2D eigenvalue weighted by Gasteiger charge is -2.07. The fourth-order valence-electron chi connectivity index (χ4n) is 2.11. The number of rotatable bonds is 8. The second-order valence-electron chi connectivity index (χ2n) is 5.47. The SMILES string of the molecule is Cc1cc(C)nc(SCC(=O)OCC(=O)NCCc2ccccc2)n1. The maximum Gasteiger partial charge on any atom is 0.316 e. The smallest absolute Gasteiger partial charge is 0.316 e. The molecule has 1 aromatic carbocycles. The molecule has 1 N–H and O–H groups in total. The van der Waals surface area contributed by atoms with Crippen molar-refractivity contribution in [3.63, 3.8) is 0 Å². The quantitative estimate of drug-likeness (QED) is 0.442. The van der Waals surface area contributed by atoms with Crippen molar-refractivity contribution < 1.29 is 14.3 Å². The molecule has 7 heteroatoms. The van der Waals surface area contributed by atoms with Gasteiger partial charge in [0, 0.05) is 17.9 Å². The molecule has 0 saturated heterocycles. The molecular formula is C18H21N3O3S. The number of benzene rings is 1. The van der Waals surface area contributed by atoms with E-state index in [-0.39, 0.29) is 18.3 Å². The lowest BCUT2D eigenvalue weighted by Crippen LogP contribution is -2.30. The van der Waals surface area contributed by atoms with Gasteiger partial charge in [-0.3, -0.25) is 9.59 Å². The van der Waals surface area contributed by atoms with Crippen molar-refractivity contribution in [2.45, 2.75) is 25.4 Å². The molecule has 0 aliphatic rings. The summed E-state index contributed by atoms with van der Waals surface area (Å²) >= 11 is 1.20. The molecule has 1 aromatic heterocycles. The van der Waals surface area contributed by atoms with E-state index in [0.29, 0.717) is 11.7 Å². The Bertz CT molecular complexity index is 703. The number of ether oxygens (including phenoxy) is 1. The van der Waals surface area contributed by atoms with Crippen LogP contribution in [-0.2, 0) is 20.7 Å². The lowest BCUT2D eigenvalue weighted by atomic mass is 10.1. The van der Waals surface area contributed by atoms with Gasteiger partial charge in [-0.2, -0.15) is 0 Å². The molecule has 0 radical (unpaired) electrons. The van der Waals surface area contributed by atoms with Gasteiger partial charge in [0.25, 0.3) is 5.91 Å². The molecule has 2 aromatic rings. The third kappa shape index (κ3) is 7.34. The normalized spacial score (nSPS) is 10.3. The van der Waals surface area contributed by atoms with E-state index in [2.05, 4.69) is 15.3 Å². The fourth-order valence-corrected chi connectivity index (χ4v) is 2.86. The van der Waals surface area contributed by atoms with Crippen LogP contribution in [0.2, 0.25) is 0 Å². The number of esters is 1. The summed E-state index contributed by atoms with van der Waals surface area (Å²) in [7, 11) is 0. The first kappa shape index (κ1) is 18.9. The first-order valence-electron chi connectivity index (χ1n) is 7.94. The molecule has 1 heterocycles. The average Bonchev–Trinajstić information content (AvgIpc) is 2.58. The third-order valence-corrected chi connectivity index (χ3v) is 4.04. The highest BCUT2D eigenvalue weighted by Gasteiger charge is 2.10. The van der Waals surface area contributed by atoms with Crippen LogP contribution in [0.15, 0.2) is 41.6 Å². The van der Waals surface area contributed by atoms with Gasteiger partial charge in [0.05, 0.1) is 5.75 Å². The van der Waals surface area contributed by atoms with E-state index in [1.54, 1.807) is 0 Å². The van der Waals surface area contributed by atoms with Gasteiger partial charge in [0.2, 0.25) is 0 Å². The minimum absolute atomic E-state index is 0.0696. The van der Waals surface area contributed by atoms with Gasteiger partial charge in [-0.05, 0) is 31.9 Å². The van der Waals surface area contributed by atoms with Crippen LogP contribution in [0.4, 0.5) is 0 Å². The summed E-state index contributed by atoms with van der Waals surface area (Å²) in [4.78, 5) is 31.9. The van der Waals surface area contributed by atoms with Crippen LogP contribution in [0.25, 0.3) is 0 Å². The summed E-state index contributed by atoms with van der Waals surface area (Å²) < 4.78 is 4.96. The number of amides is 1. The number of nitrogens with zero attached hydrogens (tertiary/aromatic N) is 2. The molecule has 0 spiro atoms. The Morgan fingerprint density at radius 3 is 2.48 bits per heavy atom. The van der Waals surface area contributed by atoms with Crippen LogP contribution in [-0.4, -0.2) is 40.7 Å². The van der Waals surface area contributed by atoms with Crippen molar-refractivity contribution in [2.24, 2.45) is 0 Å². The first-order chi connectivity index (χ1) is 12.0. The van der Waals surface area contributed by atoms with Crippen molar-refractivity contribution in [3.05, 3.63) is 53.3 Å². The molecule has 0 aliphatic heterocycles. The number of nitrogens with one attached hydrogen (secondary N) is 1. The maximum absolute atomic E-state index is 11.7. The minimum Gasteiger partial charge on any atom is -0.455 e. The van der Waals surface area contributed by atoms with Gasteiger partial charge in [-0.25, -0.2) is 9.97 Å². The number of thioether (sulfide) groups is 1. The molecule has 2 rings (SSSR count). The summed E-state index contributed by atoms with van der Waals surface area (Å²) in [6.07, 6.45) is 0.737. The van der Waals surface area contributed by atoms with Gasteiger partial charge in [-0.15, -0.1) is 0 Å². The summed E-state index contributed by atoms with van der Waals surface area (Å²) in [6, 6.07) is 11.7. The van der Waals surface area contributed by atoms with Gasteiger partial charge >= 0.3 is 5.97 Å². The molecule has 0 atom stereocenters. The molecular weight excluding hydrogens is 338 g/mol. The molecule has 0 bridgehead atoms. The molecule has 0 saturated carbocycles. The summed E-state index contributed by atoms with van der Waals surface area (Å²) in [5, 5.41) is 3.26. The average molecular weight is 359 g/mol. The standard InChI is InChI=1S/C18H21N3O3S/c1-13-10-14(2)21-18(20-13)25-12-17(23)24-11-16(22)19-9-8-15-6-4-3-5-7-15/h3-7,10H,8-9,11-12H2,1-2H3,(H,19,22). The second kappa shape index (κ2) is 9.78. The number of carbonyl (C=O) groups is 2. The number of carbonyl (C=O) groups excluding carboxylic acids is 2. The van der Waals surface area contributed by atoms with E-state index in [1.807, 2.05) is 50.2 Å². The Morgan fingerprint density at radius 2 is 1.80 bits per heavy atom.